The predicted octanol–water partition coefficient (Wildman–Crippen LogP) is 2.70. The minimum atomic E-state index is -0.708. The van der Waals surface area contributed by atoms with Gasteiger partial charge in [-0.3, -0.25) is 4.79 Å². The third-order valence-corrected chi connectivity index (χ3v) is 5.06. The normalized spacial score (nSPS) is 37.6. The first-order valence-electron chi connectivity index (χ1n) is 9.15. The van der Waals surface area contributed by atoms with Crippen LogP contribution in [0.4, 0.5) is 0 Å². The first kappa shape index (κ1) is 18.1. The molecule has 3 aliphatic heterocycles. The van der Waals surface area contributed by atoms with Gasteiger partial charge in [-0.1, -0.05) is 30.3 Å². The second-order valence-corrected chi connectivity index (χ2v) is 8.06. The van der Waals surface area contributed by atoms with Gasteiger partial charge in [0, 0.05) is 12.0 Å². The van der Waals surface area contributed by atoms with Gasteiger partial charge in [-0.15, -0.1) is 0 Å². The average Bonchev–Trinajstić information content (AvgIpc) is 3.19. The van der Waals surface area contributed by atoms with Crippen molar-refractivity contribution < 1.29 is 28.5 Å². The SMILES string of the molecule is CC1(C)O[C@@H]2[C@H](O1)[C@@H](CC(=O)c1ccccc1)O[C@@H]2[C@H]1COC(C)(C)O1. The molecule has 6 nitrogen and oxygen atoms in total. The summed E-state index contributed by atoms with van der Waals surface area (Å²) in [7, 11) is 0. The largest absolute Gasteiger partial charge is 0.366 e. The zero-order valence-electron chi connectivity index (χ0n) is 15.6. The van der Waals surface area contributed by atoms with Gasteiger partial charge in [0.1, 0.15) is 24.4 Å². The molecule has 0 radical (unpaired) electrons. The lowest BCUT2D eigenvalue weighted by Crippen LogP contribution is -2.40. The molecule has 142 valence electrons. The topological polar surface area (TPSA) is 63.2 Å². The highest BCUT2D eigenvalue weighted by atomic mass is 16.8. The quantitative estimate of drug-likeness (QED) is 0.768. The molecule has 3 saturated heterocycles. The summed E-state index contributed by atoms with van der Waals surface area (Å²) in [6.45, 7) is 7.96. The molecule has 0 aromatic heterocycles. The molecule has 0 unspecified atom stereocenters. The van der Waals surface area contributed by atoms with Crippen LogP contribution in [0.25, 0.3) is 0 Å². The van der Waals surface area contributed by atoms with Crippen molar-refractivity contribution in [3.63, 3.8) is 0 Å². The molecule has 0 bridgehead atoms. The van der Waals surface area contributed by atoms with Gasteiger partial charge in [-0.2, -0.15) is 0 Å². The zero-order valence-corrected chi connectivity index (χ0v) is 15.6. The second-order valence-electron chi connectivity index (χ2n) is 8.06. The van der Waals surface area contributed by atoms with Gasteiger partial charge in [0.2, 0.25) is 0 Å². The van der Waals surface area contributed by atoms with E-state index in [1.165, 1.54) is 0 Å². The van der Waals surface area contributed by atoms with E-state index >= 15 is 0 Å². The van der Waals surface area contributed by atoms with E-state index in [4.69, 9.17) is 23.7 Å². The van der Waals surface area contributed by atoms with Crippen LogP contribution in [0.15, 0.2) is 30.3 Å². The van der Waals surface area contributed by atoms with E-state index in [0.717, 1.165) is 0 Å². The summed E-state index contributed by atoms with van der Waals surface area (Å²) in [5, 5.41) is 0. The van der Waals surface area contributed by atoms with Crippen LogP contribution >= 0.6 is 0 Å². The van der Waals surface area contributed by atoms with Crippen molar-refractivity contribution in [1.82, 2.24) is 0 Å². The molecule has 0 saturated carbocycles. The smallest absolute Gasteiger partial charge is 0.165 e. The van der Waals surface area contributed by atoms with Gasteiger partial charge in [-0.25, -0.2) is 0 Å². The van der Waals surface area contributed by atoms with E-state index in [1.807, 2.05) is 58.0 Å². The molecule has 0 N–H and O–H groups in total. The van der Waals surface area contributed by atoms with Gasteiger partial charge in [0.05, 0.1) is 12.7 Å². The fourth-order valence-electron chi connectivity index (χ4n) is 3.98. The van der Waals surface area contributed by atoms with Crippen LogP contribution < -0.4 is 0 Å². The molecule has 0 aliphatic carbocycles. The van der Waals surface area contributed by atoms with Gasteiger partial charge in [0.15, 0.2) is 17.4 Å². The van der Waals surface area contributed by atoms with Crippen LogP contribution in [0.5, 0.6) is 0 Å². The minimum absolute atomic E-state index is 0.0345. The Kier molecular flexibility index (Phi) is 4.44. The number of ether oxygens (including phenoxy) is 5. The second kappa shape index (κ2) is 6.39. The van der Waals surface area contributed by atoms with Gasteiger partial charge in [0.25, 0.3) is 0 Å². The standard InChI is InChI=1S/C20H26O6/c1-19(2)22-11-15(24-19)16-18-17(25-20(3,4)26-18)14(23-16)10-13(21)12-8-6-5-7-9-12/h5-9,14-18H,10-11H2,1-4H3/t14-,15-,16-,17-,18+/m1/s1. The summed E-state index contributed by atoms with van der Waals surface area (Å²) < 4.78 is 30.0. The van der Waals surface area contributed by atoms with E-state index in [2.05, 4.69) is 0 Å². The highest BCUT2D eigenvalue weighted by molar-refractivity contribution is 5.96. The Hall–Kier alpha value is -1.31. The molecule has 0 spiro atoms. The molecule has 26 heavy (non-hydrogen) atoms. The third-order valence-electron chi connectivity index (χ3n) is 5.06. The first-order valence-corrected chi connectivity index (χ1v) is 9.15. The van der Waals surface area contributed by atoms with Gasteiger partial charge >= 0.3 is 0 Å². The van der Waals surface area contributed by atoms with Crippen LogP contribution in [0, 0.1) is 0 Å². The number of fused-ring (bicyclic) bond motifs is 1. The van der Waals surface area contributed by atoms with Crippen molar-refractivity contribution >= 4 is 5.78 Å². The lowest BCUT2D eigenvalue weighted by Gasteiger charge is -2.27. The number of benzene rings is 1. The lowest BCUT2D eigenvalue weighted by molar-refractivity contribution is -0.205. The molecule has 3 aliphatic rings. The maximum Gasteiger partial charge on any atom is 0.165 e. The highest BCUT2D eigenvalue weighted by Gasteiger charge is 2.59. The molecule has 6 heteroatoms. The Morgan fingerprint density at radius 1 is 0.962 bits per heavy atom. The fourth-order valence-corrected chi connectivity index (χ4v) is 3.98. The number of hydrogen-bond donors (Lipinski definition) is 0. The molecule has 0 amide bonds. The predicted molar refractivity (Wildman–Crippen MR) is 92.8 cm³/mol. The maximum atomic E-state index is 12.6. The minimum Gasteiger partial charge on any atom is -0.366 e. The van der Waals surface area contributed by atoms with Gasteiger partial charge in [-0.05, 0) is 27.7 Å². The zero-order chi connectivity index (χ0) is 18.5. The van der Waals surface area contributed by atoms with Crippen molar-refractivity contribution in [3.8, 4) is 0 Å². The number of Topliss-reactive ketones (excluding diaryl/α,β-unsaturated/α-hetero) is 1. The van der Waals surface area contributed by atoms with E-state index in [1.54, 1.807) is 0 Å². The van der Waals surface area contributed by atoms with E-state index in [9.17, 15) is 4.79 Å². The van der Waals surface area contributed by atoms with Gasteiger partial charge < -0.3 is 23.7 Å². The summed E-state index contributed by atoms with van der Waals surface area (Å²) in [5.74, 6) is -1.32. The Morgan fingerprint density at radius 2 is 1.65 bits per heavy atom. The summed E-state index contributed by atoms with van der Waals surface area (Å²) in [5.41, 5.74) is 0.677. The van der Waals surface area contributed by atoms with Crippen LogP contribution in [0.3, 0.4) is 0 Å². The maximum absolute atomic E-state index is 12.6. The highest BCUT2D eigenvalue weighted by Crippen LogP contribution is 2.43. The molecule has 3 fully saturated rings. The molecule has 5 atom stereocenters. The van der Waals surface area contributed by atoms with Crippen molar-refractivity contribution in [1.29, 1.82) is 0 Å². The van der Waals surface area contributed by atoms with E-state index in [0.29, 0.717) is 12.2 Å². The number of carbonyl (C=O) groups excluding carboxylic acids is 1. The van der Waals surface area contributed by atoms with E-state index in [-0.39, 0.29) is 42.7 Å². The average molecular weight is 362 g/mol. The molecule has 1 aromatic rings. The Bertz CT molecular complexity index is 670. The van der Waals surface area contributed by atoms with Crippen molar-refractivity contribution in [2.24, 2.45) is 0 Å². The molecular formula is C20H26O6. The monoisotopic (exact) mass is 362 g/mol. The number of ketones is 1. The Morgan fingerprint density at radius 3 is 2.31 bits per heavy atom. The molecule has 4 rings (SSSR count). The van der Waals surface area contributed by atoms with Crippen LogP contribution in [-0.4, -0.2) is 54.5 Å². The summed E-state index contributed by atoms with van der Waals surface area (Å²) in [6, 6.07) is 9.25. The molecular weight excluding hydrogens is 336 g/mol. The first-order chi connectivity index (χ1) is 12.2. The van der Waals surface area contributed by atoms with Crippen LogP contribution in [0.1, 0.15) is 44.5 Å². The fraction of sp³-hybridized carbons (Fsp3) is 0.650. The van der Waals surface area contributed by atoms with Crippen molar-refractivity contribution in [2.75, 3.05) is 6.61 Å². The lowest BCUT2D eigenvalue weighted by atomic mass is 9.99. The summed E-state index contributed by atoms with van der Waals surface area (Å²) in [6.07, 6.45) is -1.26. The summed E-state index contributed by atoms with van der Waals surface area (Å²) >= 11 is 0. The van der Waals surface area contributed by atoms with Crippen LogP contribution in [0.2, 0.25) is 0 Å². The van der Waals surface area contributed by atoms with Crippen molar-refractivity contribution in [2.45, 2.75) is 76.2 Å². The molecule has 1 aromatic carbocycles. The van der Waals surface area contributed by atoms with Crippen molar-refractivity contribution in [3.05, 3.63) is 35.9 Å². The summed E-state index contributed by atoms with van der Waals surface area (Å²) in [4.78, 5) is 12.6. The molecule has 3 heterocycles. The van der Waals surface area contributed by atoms with Crippen LogP contribution in [-0.2, 0) is 23.7 Å². The number of rotatable bonds is 4. The Balaban J connectivity index is 1.51. The Labute approximate surface area is 153 Å². The number of carbonyl (C=O) groups is 1. The third kappa shape index (κ3) is 3.44. The van der Waals surface area contributed by atoms with E-state index < -0.39 is 11.6 Å². The number of hydrogen-bond acceptors (Lipinski definition) is 6.